The Morgan fingerprint density at radius 1 is 1.25 bits per heavy atom. The Hall–Kier alpha value is -0.940. The van der Waals surface area contributed by atoms with Gasteiger partial charge in [0.15, 0.2) is 0 Å². The Labute approximate surface area is 94.8 Å². The fourth-order valence-electron chi connectivity index (χ4n) is 2.57. The number of aliphatic hydroxyl groups excluding tert-OH is 1. The molecule has 0 aromatic rings. The van der Waals surface area contributed by atoms with Crippen molar-refractivity contribution in [2.24, 2.45) is 0 Å². The van der Waals surface area contributed by atoms with Crippen LogP contribution in [-0.2, 0) is 9.59 Å². The van der Waals surface area contributed by atoms with Gasteiger partial charge in [0.25, 0.3) is 0 Å². The molecule has 1 heterocycles. The molecule has 0 bridgehead atoms. The third-order valence-corrected chi connectivity index (χ3v) is 3.60. The second-order valence-electron chi connectivity index (χ2n) is 4.72. The van der Waals surface area contributed by atoms with E-state index in [9.17, 15) is 14.7 Å². The molecule has 2 amide bonds. The highest BCUT2D eigenvalue weighted by atomic mass is 16.3. The predicted octanol–water partition coefficient (Wildman–Crippen LogP) is -0.363. The van der Waals surface area contributed by atoms with Crippen molar-refractivity contribution in [2.45, 2.75) is 50.8 Å². The van der Waals surface area contributed by atoms with Gasteiger partial charge < -0.3 is 5.11 Å². The van der Waals surface area contributed by atoms with E-state index < -0.39 is 0 Å². The lowest BCUT2D eigenvalue weighted by molar-refractivity contribution is -0.141. The van der Waals surface area contributed by atoms with Crippen molar-refractivity contribution < 1.29 is 14.7 Å². The molecular weight excluding hydrogens is 208 g/mol. The highest BCUT2D eigenvalue weighted by molar-refractivity contribution is 6.00. The molecule has 1 aliphatic heterocycles. The number of carbonyl (C=O) groups excluding carboxylic acids is 2. The zero-order chi connectivity index (χ0) is 11.7. The largest absolute Gasteiger partial charge is 0.393 e. The molecule has 0 spiro atoms. The Kier molecular flexibility index (Phi) is 3.25. The van der Waals surface area contributed by atoms with E-state index in [-0.39, 0.29) is 30.0 Å². The van der Waals surface area contributed by atoms with Crippen LogP contribution in [-0.4, -0.2) is 46.6 Å². The highest BCUT2D eigenvalue weighted by Gasteiger charge is 2.36. The van der Waals surface area contributed by atoms with Crippen LogP contribution in [0.25, 0.3) is 0 Å². The van der Waals surface area contributed by atoms with Crippen LogP contribution in [0, 0.1) is 0 Å². The number of amides is 2. The van der Waals surface area contributed by atoms with Gasteiger partial charge in [-0.2, -0.15) is 0 Å². The summed E-state index contributed by atoms with van der Waals surface area (Å²) in [5, 5.41) is 11.8. The Morgan fingerprint density at radius 3 is 2.50 bits per heavy atom. The molecular formula is C11H18N2O3. The number of nitrogens with one attached hydrogen (secondary N) is 1. The average Bonchev–Trinajstić information content (AvgIpc) is 2.25. The molecule has 1 saturated carbocycles. The molecule has 1 saturated heterocycles. The minimum absolute atomic E-state index is 0.206. The van der Waals surface area contributed by atoms with Crippen molar-refractivity contribution >= 4 is 11.8 Å². The summed E-state index contributed by atoms with van der Waals surface area (Å²) >= 11 is 0. The molecule has 90 valence electrons. The van der Waals surface area contributed by atoms with E-state index in [1.165, 1.54) is 0 Å². The molecule has 0 radical (unpaired) electrons. The van der Waals surface area contributed by atoms with E-state index in [0.717, 1.165) is 25.7 Å². The van der Waals surface area contributed by atoms with Gasteiger partial charge in [-0.25, -0.2) is 0 Å². The quantitative estimate of drug-likeness (QED) is 0.599. The molecule has 2 fully saturated rings. The SMILES string of the molecule is CC1C(=O)NC(=O)CN1C1CCC(O)CC1. The van der Waals surface area contributed by atoms with Crippen LogP contribution in [0.3, 0.4) is 0 Å². The number of hydrogen-bond donors (Lipinski definition) is 2. The Bertz CT molecular complexity index is 298. The van der Waals surface area contributed by atoms with Gasteiger partial charge in [0.05, 0.1) is 18.7 Å². The number of carbonyl (C=O) groups is 2. The van der Waals surface area contributed by atoms with Gasteiger partial charge in [-0.1, -0.05) is 0 Å². The van der Waals surface area contributed by atoms with E-state index in [1.54, 1.807) is 0 Å². The molecule has 1 atom stereocenters. The molecule has 0 aromatic carbocycles. The smallest absolute Gasteiger partial charge is 0.243 e. The summed E-state index contributed by atoms with van der Waals surface area (Å²) in [5.41, 5.74) is 0. The third kappa shape index (κ3) is 2.25. The van der Waals surface area contributed by atoms with E-state index >= 15 is 0 Å². The van der Waals surface area contributed by atoms with Crippen LogP contribution in [0.4, 0.5) is 0 Å². The first-order chi connectivity index (χ1) is 7.58. The lowest BCUT2D eigenvalue weighted by atomic mass is 9.90. The fourth-order valence-corrected chi connectivity index (χ4v) is 2.57. The Balaban J connectivity index is 2.01. The van der Waals surface area contributed by atoms with E-state index in [1.807, 2.05) is 11.8 Å². The van der Waals surface area contributed by atoms with E-state index in [2.05, 4.69) is 5.32 Å². The summed E-state index contributed by atoms with van der Waals surface area (Å²) < 4.78 is 0. The molecule has 1 unspecified atom stereocenters. The van der Waals surface area contributed by atoms with Gasteiger partial charge in [0.1, 0.15) is 0 Å². The van der Waals surface area contributed by atoms with Gasteiger partial charge in [0, 0.05) is 6.04 Å². The number of hydrogen-bond acceptors (Lipinski definition) is 4. The zero-order valence-electron chi connectivity index (χ0n) is 9.48. The van der Waals surface area contributed by atoms with Crippen LogP contribution >= 0.6 is 0 Å². The number of imide groups is 1. The van der Waals surface area contributed by atoms with Crippen molar-refractivity contribution in [1.82, 2.24) is 10.2 Å². The topological polar surface area (TPSA) is 69.6 Å². The van der Waals surface area contributed by atoms with Crippen molar-refractivity contribution in [2.75, 3.05) is 6.54 Å². The monoisotopic (exact) mass is 226 g/mol. The maximum atomic E-state index is 11.5. The van der Waals surface area contributed by atoms with Crippen molar-refractivity contribution in [3.8, 4) is 0 Å². The van der Waals surface area contributed by atoms with Gasteiger partial charge in [-0.3, -0.25) is 19.8 Å². The molecule has 2 N–H and O–H groups in total. The maximum absolute atomic E-state index is 11.5. The molecule has 16 heavy (non-hydrogen) atoms. The number of piperazine rings is 1. The first kappa shape index (κ1) is 11.5. The van der Waals surface area contributed by atoms with Crippen molar-refractivity contribution in [3.05, 3.63) is 0 Å². The number of aliphatic hydroxyl groups is 1. The molecule has 5 nitrogen and oxygen atoms in total. The molecule has 0 aromatic heterocycles. The van der Waals surface area contributed by atoms with Crippen LogP contribution in [0.5, 0.6) is 0 Å². The lowest BCUT2D eigenvalue weighted by Crippen LogP contribution is -2.60. The van der Waals surface area contributed by atoms with E-state index in [0.29, 0.717) is 6.54 Å². The second kappa shape index (κ2) is 4.51. The normalized spacial score (nSPS) is 37.2. The zero-order valence-corrected chi connectivity index (χ0v) is 9.48. The van der Waals surface area contributed by atoms with E-state index in [4.69, 9.17) is 0 Å². The summed E-state index contributed by atoms with van der Waals surface area (Å²) in [6, 6.07) is 0.0198. The van der Waals surface area contributed by atoms with Gasteiger partial charge in [-0.15, -0.1) is 0 Å². The summed E-state index contributed by atoms with van der Waals surface area (Å²) in [6.45, 7) is 2.13. The Morgan fingerprint density at radius 2 is 1.88 bits per heavy atom. The van der Waals surface area contributed by atoms with Crippen LogP contribution in [0.2, 0.25) is 0 Å². The van der Waals surface area contributed by atoms with Crippen molar-refractivity contribution in [1.29, 1.82) is 0 Å². The standard InChI is InChI=1S/C11H18N2O3/c1-7-11(16)12-10(15)6-13(7)8-2-4-9(14)5-3-8/h7-9,14H,2-6H2,1H3,(H,12,15,16). The first-order valence-electron chi connectivity index (χ1n) is 5.85. The lowest BCUT2D eigenvalue weighted by Gasteiger charge is -2.40. The van der Waals surface area contributed by atoms with Crippen LogP contribution in [0.15, 0.2) is 0 Å². The maximum Gasteiger partial charge on any atom is 0.243 e. The number of rotatable bonds is 1. The summed E-state index contributed by atoms with van der Waals surface area (Å²) in [7, 11) is 0. The van der Waals surface area contributed by atoms with Gasteiger partial charge in [0.2, 0.25) is 11.8 Å². The van der Waals surface area contributed by atoms with Gasteiger partial charge in [-0.05, 0) is 32.6 Å². The van der Waals surface area contributed by atoms with Crippen LogP contribution < -0.4 is 5.32 Å². The third-order valence-electron chi connectivity index (χ3n) is 3.60. The molecule has 5 heteroatoms. The molecule has 1 aliphatic carbocycles. The molecule has 2 rings (SSSR count). The van der Waals surface area contributed by atoms with Crippen LogP contribution in [0.1, 0.15) is 32.6 Å². The minimum Gasteiger partial charge on any atom is -0.393 e. The van der Waals surface area contributed by atoms with Gasteiger partial charge >= 0.3 is 0 Å². The average molecular weight is 226 g/mol. The summed E-state index contributed by atoms with van der Waals surface area (Å²) in [4.78, 5) is 24.8. The fraction of sp³-hybridized carbons (Fsp3) is 0.818. The van der Waals surface area contributed by atoms with Crippen molar-refractivity contribution in [3.63, 3.8) is 0 Å². The summed E-state index contributed by atoms with van der Waals surface area (Å²) in [5.74, 6) is -0.420. The predicted molar refractivity (Wildman–Crippen MR) is 57.6 cm³/mol. The minimum atomic E-state index is -0.238. The molecule has 2 aliphatic rings. The second-order valence-corrected chi connectivity index (χ2v) is 4.72. The number of nitrogens with zero attached hydrogens (tertiary/aromatic N) is 1. The highest BCUT2D eigenvalue weighted by Crippen LogP contribution is 2.25. The first-order valence-corrected chi connectivity index (χ1v) is 5.85. The summed E-state index contributed by atoms with van der Waals surface area (Å²) in [6.07, 6.45) is 3.06.